The zero-order valence-corrected chi connectivity index (χ0v) is 17.0. The Kier molecular flexibility index (Phi) is 4.75. The number of hydrogen-bond acceptors (Lipinski definition) is 2. The van der Waals surface area contributed by atoms with Crippen molar-refractivity contribution in [2.75, 3.05) is 13.2 Å². The maximum absolute atomic E-state index is 13.2. The lowest BCUT2D eigenvalue weighted by Gasteiger charge is -2.36. The second kappa shape index (κ2) is 7.71. The number of aryl methyl sites for hydroxylation is 1. The molecule has 5 rings (SSSR count). The Bertz CT molecular complexity index is 1180. The number of aromatic nitrogens is 1. The second-order valence-corrected chi connectivity index (χ2v) is 7.81. The number of amides is 1. The highest BCUT2D eigenvalue weighted by atomic mass is 16.5. The Hall–Kier alpha value is -3.53. The van der Waals surface area contributed by atoms with E-state index in [-0.39, 0.29) is 18.6 Å². The van der Waals surface area contributed by atoms with Gasteiger partial charge in [0.1, 0.15) is 5.75 Å². The predicted octanol–water partition coefficient (Wildman–Crippen LogP) is 5.03. The summed E-state index contributed by atoms with van der Waals surface area (Å²) in [5.41, 5.74) is 5.86. The van der Waals surface area contributed by atoms with Gasteiger partial charge in [0.15, 0.2) is 6.61 Å². The first-order valence-electron chi connectivity index (χ1n) is 10.3. The second-order valence-electron chi connectivity index (χ2n) is 7.81. The van der Waals surface area contributed by atoms with Gasteiger partial charge in [-0.1, -0.05) is 66.2 Å². The number of H-pyrrole nitrogens is 1. The van der Waals surface area contributed by atoms with E-state index in [4.69, 9.17) is 4.74 Å². The van der Waals surface area contributed by atoms with Crippen molar-refractivity contribution in [3.05, 3.63) is 101 Å². The van der Waals surface area contributed by atoms with Crippen LogP contribution in [-0.2, 0) is 11.2 Å². The minimum Gasteiger partial charge on any atom is -0.484 e. The van der Waals surface area contributed by atoms with Crippen molar-refractivity contribution >= 4 is 16.8 Å². The summed E-state index contributed by atoms with van der Waals surface area (Å²) in [7, 11) is 0. The van der Waals surface area contributed by atoms with Crippen LogP contribution in [0.15, 0.2) is 78.9 Å². The van der Waals surface area contributed by atoms with Crippen LogP contribution in [0.2, 0.25) is 0 Å². The highest BCUT2D eigenvalue weighted by Gasteiger charge is 2.34. The van der Waals surface area contributed by atoms with Gasteiger partial charge in [-0.05, 0) is 42.7 Å². The van der Waals surface area contributed by atoms with Crippen LogP contribution < -0.4 is 4.74 Å². The average Bonchev–Trinajstić information content (AvgIpc) is 3.17. The van der Waals surface area contributed by atoms with Gasteiger partial charge in [-0.15, -0.1) is 0 Å². The average molecular weight is 396 g/mol. The van der Waals surface area contributed by atoms with E-state index >= 15 is 0 Å². The number of carbonyl (C=O) groups is 1. The maximum atomic E-state index is 13.2. The summed E-state index contributed by atoms with van der Waals surface area (Å²) in [6.45, 7) is 2.78. The Labute approximate surface area is 176 Å². The molecule has 150 valence electrons. The van der Waals surface area contributed by atoms with Gasteiger partial charge in [0.25, 0.3) is 5.91 Å². The maximum Gasteiger partial charge on any atom is 0.261 e. The van der Waals surface area contributed by atoms with Gasteiger partial charge in [0, 0.05) is 23.1 Å². The fourth-order valence-electron chi connectivity index (χ4n) is 4.35. The fourth-order valence-corrected chi connectivity index (χ4v) is 4.35. The number of fused-ring (bicyclic) bond motifs is 3. The molecule has 2 heterocycles. The number of carbonyl (C=O) groups excluding carboxylic acids is 1. The molecule has 1 aliphatic rings. The van der Waals surface area contributed by atoms with Crippen LogP contribution in [0.1, 0.15) is 28.4 Å². The Morgan fingerprint density at radius 3 is 2.53 bits per heavy atom. The van der Waals surface area contributed by atoms with Crippen LogP contribution in [0.3, 0.4) is 0 Å². The molecule has 0 radical (unpaired) electrons. The third-order valence-corrected chi connectivity index (χ3v) is 5.85. The van der Waals surface area contributed by atoms with Crippen molar-refractivity contribution in [1.82, 2.24) is 9.88 Å². The number of rotatable bonds is 4. The number of ether oxygens (including phenoxy) is 1. The van der Waals surface area contributed by atoms with Crippen LogP contribution >= 0.6 is 0 Å². The van der Waals surface area contributed by atoms with Crippen molar-refractivity contribution in [1.29, 1.82) is 0 Å². The Balaban J connectivity index is 1.51. The zero-order valence-electron chi connectivity index (χ0n) is 17.0. The predicted molar refractivity (Wildman–Crippen MR) is 119 cm³/mol. The number of para-hydroxylation sites is 2. The first kappa shape index (κ1) is 18.5. The van der Waals surface area contributed by atoms with Crippen LogP contribution in [0.4, 0.5) is 0 Å². The van der Waals surface area contributed by atoms with Gasteiger partial charge in [-0.2, -0.15) is 0 Å². The molecule has 4 aromatic rings. The van der Waals surface area contributed by atoms with E-state index < -0.39 is 0 Å². The Morgan fingerprint density at radius 1 is 1.00 bits per heavy atom. The third kappa shape index (κ3) is 3.35. The third-order valence-electron chi connectivity index (χ3n) is 5.85. The van der Waals surface area contributed by atoms with E-state index in [9.17, 15) is 4.79 Å². The van der Waals surface area contributed by atoms with Crippen LogP contribution in [0.5, 0.6) is 5.75 Å². The van der Waals surface area contributed by atoms with Gasteiger partial charge in [0.2, 0.25) is 0 Å². The van der Waals surface area contributed by atoms with Crippen LogP contribution in [-0.4, -0.2) is 28.9 Å². The lowest BCUT2D eigenvalue weighted by molar-refractivity contribution is -0.135. The summed E-state index contributed by atoms with van der Waals surface area (Å²) in [6.07, 6.45) is 0.832. The molecule has 0 aliphatic carbocycles. The molecule has 0 unspecified atom stereocenters. The van der Waals surface area contributed by atoms with Crippen molar-refractivity contribution in [3.63, 3.8) is 0 Å². The topological polar surface area (TPSA) is 45.3 Å². The molecule has 1 amide bonds. The molecule has 0 saturated heterocycles. The zero-order chi connectivity index (χ0) is 20.5. The van der Waals surface area contributed by atoms with Crippen molar-refractivity contribution < 1.29 is 9.53 Å². The summed E-state index contributed by atoms with van der Waals surface area (Å²) >= 11 is 0. The van der Waals surface area contributed by atoms with Gasteiger partial charge in [-0.3, -0.25) is 4.79 Å². The van der Waals surface area contributed by atoms with Gasteiger partial charge in [0.05, 0.1) is 6.04 Å². The monoisotopic (exact) mass is 396 g/mol. The SMILES string of the molecule is Cc1ccc([C@@H]2c3[nH]c4ccccc4c3CCN2C(=O)COc2ccccc2)cc1. The molecule has 4 nitrogen and oxygen atoms in total. The molecule has 1 N–H and O–H groups in total. The smallest absolute Gasteiger partial charge is 0.261 e. The van der Waals surface area contributed by atoms with E-state index in [1.54, 1.807) is 0 Å². The fraction of sp³-hybridized carbons (Fsp3) is 0.192. The first-order valence-corrected chi connectivity index (χ1v) is 10.3. The number of nitrogens with zero attached hydrogens (tertiary/aromatic N) is 1. The molecule has 1 aliphatic heterocycles. The summed E-state index contributed by atoms with van der Waals surface area (Å²) in [4.78, 5) is 18.8. The largest absolute Gasteiger partial charge is 0.484 e. The van der Waals surface area contributed by atoms with Crippen LogP contribution in [0.25, 0.3) is 10.9 Å². The van der Waals surface area contributed by atoms with Crippen molar-refractivity contribution in [3.8, 4) is 5.75 Å². The van der Waals surface area contributed by atoms with E-state index in [1.165, 1.54) is 16.5 Å². The van der Waals surface area contributed by atoms with Gasteiger partial charge < -0.3 is 14.6 Å². The summed E-state index contributed by atoms with van der Waals surface area (Å²) in [5.74, 6) is 0.704. The molecule has 4 heteroatoms. The standard InChI is InChI=1S/C26H24N2O2/c1-18-11-13-19(14-12-18)26-25-22(21-9-5-6-10-23(21)27-25)15-16-28(26)24(29)17-30-20-7-3-2-4-8-20/h2-14,26-27H,15-17H2,1H3/t26-/m1/s1. The molecule has 30 heavy (non-hydrogen) atoms. The van der Waals surface area contributed by atoms with E-state index in [0.29, 0.717) is 12.3 Å². The highest BCUT2D eigenvalue weighted by Crippen LogP contribution is 2.38. The molecule has 0 spiro atoms. The lowest BCUT2D eigenvalue weighted by Crippen LogP contribution is -2.42. The molecule has 1 aromatic heterocycles. The summed E-state index contributed by atoms with van der Waals surface area (Å²) < 4.78 is 5.77. The number of hydrogen-bond donors (Lipinski definition) is 1. The number of aromatic amines is 1. The highest BCUT2D eigenvalue weighted by molar-refractivity contribution is 5.87. The molecule has 0 saturated carbocycles. The molecule has 0 bridgehead atoms. The van der Waals surface area contributed by atoms with Crippen LogP contribution in [0, 0.1) is 6.92 Å². The molecule has 3 aromatic carbocycles. The van der Waals surface area contributed by atoms with Crippen molar-refractivity contribution in [2.24, 2.45) is 0 Å². The first-order chi connectivity index (χ1) is 14.7. The van der Waals surface area contributed by atoms with E-state index in [2.05, 4.69) is 54.4 Å². The number of nitrogens with one attached hydrogen (secondary N) is 1. The number of benzene rings is 3. The van der Waals surface area contributed by atoms with E-state index in [1.807, 2.05) is 41.3 Å². The molecular weight excluding hydrogens is 372 g/mol. The summed E-state index contributed by atoms with van der Waals surface area (Å²) in [6, 6.07) is 26.2. The molecule has 0 fully saturated rings. The minimum absolute atomic E-state index is 0.00580. The Morgan fingerprint density at radius 2 is 1.73 bits per heavy atom. The summed E-state index contributed by atoms with van der Waals surface area (Å²) in [5, 5.41) is 1.25. The normalized spacial score (nSPS) is 15.8. The lowest BCUT2D eigenvalue weighted by atomic mass is 9.92. The van der Waals surface area contributed by atoms with Crippen molar-refractivity contribution in [2.45, 2.75) is 19.4 Å². The molecule has 1 atom stereocenters. The van der Waals surface area contributed by atoms with Gasteiger partial charge in [-0.25, -0.2) is 0 Å². The van der Waals surface area contributed by atoms with Gasteiger partial charge >= 0.3 is 0 Å². The quantitative estimate of drug-likeness (QED) is 0.526. The molecular formula is C26H24N2O2. The minimum atomic E-state index is -0.145. The van der Waals surface area contributed by atoms with E-state index in [0.717, 1.165) is 23.2 Å².